The molecule has 0 radical (unpaired) electrons. The van der Waals surface area contributed by atoms with Crippen LogP contribution in [0.1, 0.15) is 23.3 Å². The van der Waals surface area contributed by atoms with E-state index >= 15 is 0 Å². The number of aromatic nitrogens is 1. The highest BCUT2D eigenvalue weighted by Gasteiger charge is 2.06. The van der Waals surface area contributed by atoms with Crippen LogP contribution in [0.3, 0.4) is 0 Å². The second-order valence-corrected chi connectivity index (χ2v) is 4.74. The van der Waals surface area contributed by atoms with E-state index in [2.05, 4.69) is 22.7 Å². The lowest BCUT2D eigenvalue weighted by atomic mass is 10.3. The SMILES string of the molecule is CNCCC[NH+](C)CCCNC(=O)c1ccccn1. The van der Waals surface area contributed by atoms with Crippen molar-refractivity contribution in [1.82, 2.24) is 15.6 Å². The van der Waals surface area contributed by atoms with Gasteiger partial charge in [-0.3, -0.25) is 9.78 Å². The molecule has 0 fully saturated rings. The number of carbonyl (C=O) groups excluding carboxylic acids is 1. The molecular weight excluding hydrogens is 240 g/mol. The van der Waals surface area contributed by atoms with E-state index in [4.69, 9.17) is 0 Å². The quantitative estimate of drug-likeness (QED) is 0.519. The van der Waals surface area contributed by atoms with Gasteiger partial charge in [0, 0.05) is 32.1 Å². The minimum atomic E-state index is -0.0894. The second kappa shape index (κ2) is 9.47. The molecule has 0 aromatic carbocycles. The lowest BCUT2D eigenvalue weighted by Crippen LogP contribution is -3.09. The summed E-state index contributed by atoms with van der Waals surface area (Å²) in [5.41, 5.74) is 0.484. The molecule has 1 rings (SSSR count). The summed E-state index contributed by atoms with van der Waals surface area (Å²) in [6.45, 7) is 4.01. The van der Waals surface area contributed by atoms with Crippen molar-refractivity contribution in [2.24, 2.45) is 0 Å². The van der Waals surface area contributed by atoms with Crippen LogP contribution in [0.4, 0.5) is 0 Å². The van der Waals surface area contributed by atoms with Gasteiger partial charge in [-0.1, -0.05) is 6.07 Å². The van der Waals surface area contributed by atoms with Crippen LogP contribution in [0.15, 0.2) is 24.4 Å². The molecule has 0 saturated heterocycles. The zero-order valence-electron chi connectivity index (χ0n) is 11.9. The largest absolute Gasteiger partial charge is 0.350 e. The first-order valence-corrected chi connectivity index (χ1v) is 6.89. The Morgan fingerprint density at radius 3 is 2.63 bits per heavy atom. The lowest BCUT2D eigenvalue weighted by Gasteiger charge is -2.13. The average molecular weight is 265 g/mol. The number of rotatable bonds is 9. The van der Waals surface area contributed by atoms with Crippen LogP contribution in [-0.4, -0.2) is 51.2 Å². The van der Waals surface area contributed by atoms with E-state index in [1.54, 1.807) is 18.3 Å². The Labute approximate surface area is 115 Å². The zero-order chi connectivity index (χ0) is 13.9. The Morgan fingerprint density at radius 2 is 2.00 bits per heavy atom. The van der Waals surface area contributed by atoms with Crippen LogP contribution in [-0.2, 0) is 0 Å². The predicted octanol–water partition coefficient (Wildman–Crippen LogP) is -0.674. The van der Waals surface area contributed by atoms with Gasteiger partial charge in [0.05, 0.1) is 20.1 Å². The van der Waals surface area contributed by atoms with E-state index < -0.39 is 0 Å². The van der Waals surface area contributed by atoms with Gasteiger partial charge in [0.2, 0.25) is 0 Å². The molecule has 19 heavy (non-hydrogen) atoms. The molecule has 1 aromatic heterocycles. The summed E-state index contributed by atoms with van der Waals surface area (Å²) in [6.07, 6.45) is 3.81. The predicted molar refractivity (Wildman–Crippen MR) is 76.4 cm³/mol. The van der Waals surface area contributed by atoms with Gasteiger partial charge >= 0.3 is 0 Å². The van der Waals surface area contributed by atoms with Gasteiger partial charge < -0.3 is 15.5 Å². The standard InChI is InChI=1S/C14H24N4O/c1-15-8-5-11-18(2)12-6-10-17-14(19)13-7-3-4-9-16-13/h3-4,7,9,15H,5-6,8,10-12H2,1-2H3,(H,17,19)/p+1. The first kappa shape index (κ1) is 15.6. The fourth-order valence-corrected chi connectivity index (χ4v) is 1.87. The lowest BCUT2D eigenvalue weighted by molar-refractivity contribution is -0.879. The number of nitrogens with one attached hydrogen (secondary N) is 3. The van der Waals surface area contributed by atoms with Crippen molar-refractivity contribution in [2.45, 2.75) is 12.8 Å². The van der Waals surface area contributed by atoms with Crippen LogP contribution in [0.5, 0.6) is 0 Å². The molecule has 0 aliphatic heterocycles. The highest BCUT2D eigenvalue weighted by atomic mass is 16.1. The van der Waals surface area contributed by atoms with E-state index in [9.17, 15) is 4.79 Å². The van der Waals surface area contributed by atoms with E-state index in [0.29, 0.717) is 12.2 Å². The smallest absolute Gasteiger partial charge is 0.269 e. The number of quaternary nitrogens is 1. The summed E-state index contributed by atoms with van der Waals surface area (Å²) in [5, 5.41) is 6.04. The summed E-state index contributed by atoms with van der Waals surface area (Å²) in [7, 11) is 4.17. The molecule has 0 aliphatic rings. The molecule has 1 amide bonds. The van der Waals surface area contributed by atoms with Gasteiger partial charge in [-0.25, -0.2) is 0 Å². The summed E-state index contributed by atoms with van der Waals surface area (Å²) < 4.78 is 0. The van der Waals surface area contributed by atoms with Crippen LogP contribution in [0.25, 0.3) is 0 Å². The highest BCUT2D eigenvalue weighted by molar-refractivity contribution is 5.92. The summed E-state index contributed by atoms with van der Waals surface area (Å²) in [5.74, 6) is -0.0894. The third-order valence-electron chi connectivity index (χ3n) is 2.99. The number of amides is 1. The normalized spacial score (nSPS) is 12.1. The maximum atomic E-state index is 11.7. The Hall–Kier alpha value is -1.46. The molecular formula is C14H25N4O+. The first-order chi connectivity index (χ1) is 9.24. The Morgan fingerprint density at radius 1 is 1.26 bits per heavy atom. The Balaban J connectivity index is 2.09. The van der Waals surface area contributed by atoms with Crippen molar-refractivity contribution in [2.75, 3.05) is 40.3 Å². The summed E-state index contributed by atoms with van der Waals surface area (Å²) in [6, 6.07) is 5.35. The van der Waals surface area contributed by atoms with Gasteiger partial charge in [0.15, 0.2) is 0 Å². The fraction of sp³-hybridized carbons (Fsp3) is 0.571. The Bertz CT molecular complexity index is 356. The van der Waals surface area contributed by atoms with Crippen LogP contribution < -0.4 is 15.5 Å². The summed E-state index contributed by atoms with van der Waals surface area (Å²) in [4.78, 5) is 17.2. The maximum absolute atomic E-state index is 11.7. The second-order valence-electron chi connectivity index (χ2n) is 4.74. The third kappa shape index (κ3) is 6.88. The topological polar surface area (TPSA) is 58.5 Å². The molecule has 0 bridgehead atoms. The minimum absolute atomic E-state index is 0.0894. The van der Waals surface area contributed by atoms with Gasteiger partial charge in [-0.05, 0) is 19.2 Å². The molecule has 1 aromatic rings. The highest BCUT2D eigenvalue weighted by Crippen LogP contribution is 1.92. The van der Waals surface area contributed by atoms with Crippen molar-refractivity contribution >= 4 is 5.91 Å². The van der Waals surface area contributed by atoms with E-state index in [-0.39, 0.29) is 5.91 Å². The molecule has 1 heterocycles. The van der Waals surface area contributed by atoms with Crippen LogP contribution >= 0.6 is 0 Å². The molecule has 0 saturated carbocycles. The molecule has 1 atom stereocenters. The van der Waals surface area contributed by atoms with Crippen molar-refractivity contribution in [3.05, 3.63) is 30.1 Å². The molecule has 3 N–H and O–H groups in total. The number of carbonyl (C=O) groups is 1. The zero-order valence-corrected chi connectivity index (χ0v) is 11.9. The van der Waals surface area contributed by atoms with Crippen LogP contribution in [0, 0.1) is 0 Å². The minimum Gasteiger partial charge on any atom is -0.350 e. The number of hydrogen-bond acceptors (Lipinski definition) is 3. The maximum Gasteiger partial charge on any atom is 0.269 e. The molecule has 5 heteroatoms. The van der Waals surface area contributed by atoms with Crippen molar-refractivity contribution in [3.8, 4) is 0 Å². The van der Waals surface area contributed by atoms with Gasteiger partial charge in [0.1, 0.15) is 5.69 Å². The van der Waals surface area contributed by atoms with E-state index in [0.717, 1.165) is 26.1 Å². The first-order valence-electron chi connectivity index (χ1n) is 6.89. The number of hydrogen-bond donors (Lipinski definition) is 3. The van der Waals surface area contributed by atoms with Crippen molar-refractivity contribution in [1.29, 1.82) is 0 Å². The van der Waals surface area contributed by atoms with Gasteiger partial charge in [0.25, 0.3) is 5.91 Å². The van der Waals surface area contributed by atoms with Gasteiger partial charge in [-0.15, -0.1) is 0 Å². The monoisotopic (exact) mass is 265 g/mol. The van der Waals surface area contributed by atoms with E-state index in [1.165, 1.54) is 11.3 Å². The number of pyridine rings is 1. The van der Waals surface area contributed by atoms with Crippen LogP contribution in [0.2, 0.25) is 0 Å². The third-order valence-corrected chi connectivity index (χ3v) is 2.99. The molecule has 5 nitrogen and oxygen atoms in total. The Kier molecular flexibility index (Phi) is 7.77. The fourth-order valence-electron chi connectivity index (χ4n) is 1.87. The molecule has 0 spiro atoms. The molecule has 106 valence electrons. The summed E-state index contributed by atoms with van der Waals surface area (Å²) >= 11 is 0. The van der Waals surface area contributed by atoms with Gasteiger partial charge in [-0.2, -0.15) is 0 Å². The van der Waals surface area contributed by atoms with E-state index in [1.807, 2.05) is 13.1 Å². The van der Waals surface area contributed by atoms with Crippen molar-refractivity contribution in [3.63, 3.8) is 0 Å². The average Bonchev–Trinajstić information content (AvgIpc) is 2.44. The molecule has 0 aliphatic carbocycles. The number of nitrogens with zero attached hydrogens (tertiary/aromatic N) is 1. The van der Waals surface area contributed by atoms with Crippen molar-refractivity contribution < 1.29 is 9.69 Å². The molecule has 1 unspecified atom stereocenters.